The molecule has 2 amide bonds. The molecule has 0 spiro atoms. The molecule has 0 aliphatic rings. The van der Waals surface area contributed by atoms with Crippen LogP contribution in [0.3, 0.4) is 0 Å². The molecule has 0 heterocycles. The van der Waals surface area contributed by atoms with Crippen LogP contribution < -0.4 is 5.43 Å². The van der Waals surface area contributed by atoms with Gasteiger partial charge in [-0.2, -0.15) is 0 Å². The molecule has 0 radical (unpaired) electrons. The predicted molar refractivity (Wildman–Crippen MR) is 107 cm³/mol. The zero-order chi connectivity index (χ0) is 22.2. The van der Waals surface area contributed by atoms with Gasteiger partial charge in [-0.15, -0.1) is 0 Å². The predicted octanol–water partition coefficient (Wildman–Crippen LogP) is 4.57. The van der Waals surface area contributed by atoms with E-state index < -0.39 is 29.0 Å². The zero-order valence-corrected chi connectivity index (χ0v) is 18.9. The first-order valence-corrected chi connectivity index (χ1v) is 9.70. The van der Waals surface area contributed by atoms with Crippen molar-refractivity contribution in [3.05, 3.63) is 0 Å². The summed E-state index contributed by atoms with van der Waals surface area (Å²) in [5, 5.41) is 1.10. The molecule has 0 saturated heterocycles. The topological polar surface area (TPSA) is 94.2 Å². The van der Waals surface area contributed by atoms with Crippen LogP contribution in [0.25, 0.3) is 0 Å². The molecule has 0 bridgehead atoms. The van der Waals surface area contributed by atoms with Crippen molar-refractivity contribution in [2.24, 2.45) is 0 Å². The first kappa shape index (κ1) is 26.0. The van der Waals surface area contributed by atoms with Crippen molar-refractivity contribution in [2.75, 3.05) is 6.54 Å². The van der Waals surface area contributed by atoms with Crippen LogP contribution in [-0.2, 0) is 19.0 Å². The zero-order valence-electron chi connectivity index (χ0n) is 18.9. The number of carbonyl (C=O) groups is 3. The number of ether oxygens (including phenoxy) is 3. The molecule has 0 aromatic carbocycles. The van der Waals surface area contributed by atoms with Gasteiger partial charge < -0.3 is 14.2 Å². The lowest BCUT2D eigenvalue weighted by molar-refractivity contribution is -0.154. The molecule has 0 aliphatic carbocycles. The van der Waals surface area contributed by atoms with Gasteiger partial charge in [-0.3, -0.25) is 4.79 Å². The van der Waals surface area contributed by atoms with Gasteiger partial charge in [-0.1, -0.05) is 6.42 Å². The lowest BCUT2D eigenvalue weighted by Gasteiger charge is -2.28. The van der Waals surface area contributed by atoms with Gasteiger partial charge in [0, 0.05) is 13.0 Å². The number of esters is 1. The highest BCUT2D eigenvalue weighted by Crippen LogP contribution is 2.13. The van der Waals surface area contributed by atoms with Gasteiger partial charge in [-0.25, -0.2) is 20.0 Å². The molecule has 0 rings (SSSR count). The molecule has 0 fully saturated rings. The van der Waals surface area contributed by atoms with E-state index in [2.05, 4.69) is 5.43 Å². The summed E-state index contributed by atoms with van der Waals surface area (Å²) in [7, 11) is 0. The average molecular weight is 403 g/mol. The van der Waals surface area contributed by atoms with E-state index in [1.54, 1.807) is 41.5 Å². The fourth-order valence-corrected chi connectivity index (χ4v) is 2.03. The number of nitrogens with one attached hydrogen (secondary N) is 1. The number of hydrazine groups is 1. The smallest absolute Gasteiger partial charge is 0.429 e. The summed E-state index contributed by atoms with van der Waals surface area (Å²) in [6.45, 7) is 16.2. The fraction of sp³-hybridized carbons (Fsp3) is 0.850. The van der Waals surface area contributed by atoms with E-state index in [4.69, 9.17) is 14.2 Å². The number of hydrogen-bond donors (Lipinski definition) is 1. The van der Waals surface area contributed by atoms with Crippen LogP contribution in [-0.4, -0.2) is 46.5 Å². The monoisotopic (exact) mass is 402 g/mol. The quantitative estimate of drug-likeness (QED) is 0.303. The van der Waals surface area contributed by atoms with Gasteiger partial charge in [-0.05, 0) is 75.2 Å². The minimum atomic E-state index is -0.730. The highest BCUT2D eigenvalue weighted by Gasteiger charge is 2.25. The van der Waals surface area contributed by atoms with E-state index in [1.165, 1.54) is 0 Å². The Balaban J connectivity index is 4.58. The third-order valence-electron chi connectivity index (χ3n) is 2.92. The Labute approximate surface area is 169 Å². The average Bonchev–Trinajstić information content (AvgIpc) is 2.39. The van der Waals surface area contributed by atoms with Gasteiger partial charge in [0.15, 0.2) is 0 Å². The lowest BCUT2D eigenvalue weighted by atomic mass is 10.1. The van der Waals surface area contributed by atoms with Gasteiger partial charge in [0.05, 0.1) is 0 Å². The number of unbranched alkanes of at least 4 members (excludes halogenated alkanes) is 2. The second-order valence-corrected chi connectivity index (χ2v) is 9.64. The molecule has 164 valence electrons. The van der Waals surface area contributed by atoms with Gasteiger partial charge in [0.2, 0.25) is 0 Å². The second-order valence-electron chi connectivity index (χ2n) is 9.64. The summed E-state index contributed by atoms with van der Waals surface area (Å²) in [6.07, 6.45) is 0.816. The van der Waals surface area contributed by atoms with E-state index >= 15 is 0 Å². The lowest BCUT2D eigenvalue weighted by Crippen LogP contribution is -2.50. The summed E-state index contributed by atoms with van der Waals surface area (Å²) in [5.74, 6) is -0.247. The van der Waals surface area contributed by atoms with E-state index in [-0.39, 0.29) is 12.5 Å². The van der Waals surface area contributed by atoms with Crippen LogP contribution in [0.2, 0.25) is 0 Å². The largest absolute Gasteiger partial charge is 0.460 e. The molecule has 1 N–H and O–H groups in total. The minimum Gasteiger partial charge on any atom is -0.460 e. The molecule has 0 aliphatic heterocycles. The number of nitrogens with zero attached hydrogens (tertiary/aromatic N) is 1. The number of carbonyl (C=O) groups excluding carboxylic acids is 3. The Morgan fingerprint density at radius 2 is 1.21 bits per heavy atom. The maximum absolute atomic E-state index is 12.3. The molecule has 0 atom stereocenters. The summed E-state index contributed by atoms with van der Waals surface area (Å²) >= 11 is 0. The molecular weight excluding hydrogens is 364 g/mol. The van der Waals surface area contributed by atoms with Crippen molar-refractivity contribution < 1.29 is 28.6 Å². The number of hydrogen-bond acceptors (Lipinski definition) is 6. The van der Waals surface area contributed by atoms with Crippen molar-refractivity contribution in [1.29, 1.82) is 0 Å². The summed E-state index contributed by atoms with van der Waals surface area (Å²) in [4.78, 5) is 36.1. The van der Waals surface area contributed by atoms with Crippen molar-refractivity contribution in [2.45, 2.75) is 105 Å². The van der Waals surface area contributed by atoms with E-state index in [9.17, 15) is 14.4 Å². The van der Waals surface area contributed by atoms with Crippen molar-refractivity contribution in [3.8, 4) is 0 Å². The third-order valence-corrected chi connectivity index (χ3v) is 2.92. The Bertz CT molecular complexity index is 526. The standard InChI is InChI=1S/C20H38N2O6/c1-18(2,3)26-15(23)13-11-10-12-14-22(17(25)28-20(7,8)9)21-16(24)27-19(4,5)6/h10-14H2,1-9H3,(H,21,24). The van der Waals surface area contributed by atoms with E-state index in [0.29, 0.717) is 25.7 Å². The van der Waals surface area contributed by atoms with E-state index in [1.807, 2.05) is 20.8 Å². The van der Waals surface area contributed by atoms with Crippen LogP contribution in [0.15, 0.2) is 0 Å². The van der Waals surface area contributed by atoms with Crippen LogP contribution >= 0.6 is 0 Å². The fourth-order valence-electron chi connectivity index (χ4n) is 2.03. The third kappa shape index (κ3) is 15.1. The highest BCUT2D eigenvalue weighted by molar-refractivity contribution is 5.74. The normalized spacial score (nSPS) is 12.2. The Hall–Kier alpha value is -1.99. The summed E-state index contributed by atoms with van der Waals surface area (Å²) in [6, 6.07) is 0. The molecule has 0 unspecified atom stereocenters. The van der Waals surface area contributed by atoms with Crippen molar-refractivity contribution in [1.82, 2.24) is 10.4 Å². The molecule has 0 saturated carbocycles. The highest BCUT2D eigenvalue weighted by atomic mass is 16.6. The Morgan fingerprint density at radius 1 is 0.714 bits per heavy atom. The SMILES string of the molecule is CC(C)(C)OC(=O)CCCCCN(NC(=O)OC(C)(C)C)C(=O)OC(C)(C)C. The number of rotatable bonds is 6. The number of amides is 2. The van der Waals surface area contributed by atoms with Crippen LogP contribution in [0, 0.1) is 0 Å². The van der Waals surface area contributed by atoms with Crippen LogP contribution in [0.4, 0.5) is 9.59 Å². The van der Waals surface area contributed by atoms with Gasteiger partial charge >= 0.3 is 18.2 Å². The van der Waals surface area contributed by atoms with E-state index in [0.717, 1.165) is 5.01 Å². The van der Waals surface area contributed by atoms with Gasteiger partial charge in [0.1, 0.15) is 16.8 Å². The molecule has 0 aromatic rings. The van der Waals surface area contributed by atoms with Gasteiger partial charge in [0.25, 0.3) is 0 Å². The van der Waals surface area contributed by atoms with Crippen LogP contribution in [0.5, 0.6) is 0 Å². The maximum Gasteiger partial charge on any atom is 0.429 e. The molecule has 8 heteroatoms. The van der Waals surface area contributed by atoms with Crippen LogP contribution in [0.1, 0.15) is 88.0 Å². The Morgan fingerprint density at radius 3 is 1.68 bits per heavy atom. The first-order valence-electron chi connectivity index (χ1n) is 9.70. The van der Waals surface area contributed by atoms with Crippen molar-refractivity contribution in [3.63, 3.8) is 0 Å². The van der Waals surface area contributed by atoms with Crippen molar-refractivity contribution >= 4 is 18.2 Å². The molecule has 28 heavy (non-hydrogen) atoms. The Kier molecular flexibility index (Phi) is 9.78. The first-order chi connectivity index (χ1) is 12.5. The molecular formula is C20H38N2O6. The molecule has 8 nitrogen and oxygen atoms in total. The molecule has 0 aromatic heterocycles. The second kappa shape index (κ2) is 10.5. The maximum atomic E-state index is 12.3. The summed E-state index contributed by atoms with van der Waals surface area (Å²) < 4.78 is 15.8. The summed E-state index contributed by atoms with van der Waals surface area (Å²) in [5.41, 5.74) is 0.558. The minimum absolute atomic E-state index is 0.239.